The van der Waals surface area contributed by atoms with Crippen molar-refractivity contribution in [1.82, 2.24) is 4.90 Å². The van der Waals surface area contributed by atoms with Crippen LogP contribution in [0.5, 0.6) is 0 Å². The Bertz CT molecular complexity index is 200. The van der Waals surface area contributed by atoms with Gasteiger partial charge in [-0.3, -0.25) is 9.69 Å². The number of carbonyl (C=O) groups is 1. The Labute approximate surface area is 92.5 Å². The normalized spacial score (nSPS) is 19.9. The monoisotopic (exact) mass is 213 g/mol. The summed E-state index contributed by atoms with van der Waals surface area (Å²) in [5.41, 5.74) is 0. The molecule has 1 aliphatic rings. The highest BCUT2D eigenvalue weighted by atomic mass is 16.4. The Kier molecular flexibility index (Phi) is 5.09. The van der Waals surface area contributed by atoms with Crippen LogP contribution in [0.25, 0.3) is 0 Å². The zero-order valence-corrected chi connectivity index (χ0v) is 9.91. The topological polar surface area (TPSA) is 40.5 Å². The molecule has 1 fully saturated rings. The van der Waals surface area contributed by atoms with Gasteiger partial charge in [-0.15, -0.1) is 0 Å². The van der Waals surface area contributed by atoms with E-state index < -0.39 is 5.97 Å². The molecule has 1 N–H and O–H groups in total. The van der Waals surface area contributed by atoms with E-state index in [4.69, 9.17) is 5.11 Å². The molecule has 1 heterocycles. The predicted molar refractivity (Wildman–Crippen MR) is 60.9 cm³/mol. The maximum absolute atomic E-state index is 10.6. The second-order valence-electron chi connectivity index (χ2n) is 4.69. The summed E-state index contributed by atoms with van der Waals surface area (Å²) in [6, 6.07) is 0.567. The van der Waals surface area contributed by atoms with Crippen molar-refractivity contribution in [1.29, 1.82) is 0 Å². The molecule has 88 valence electrons. The van der Waals surface area contributed by atoms with Crippen LogP contribution < -0.4 is 0 Å². The molecule has 0 bridgehead atoms. The molecule has 3 nitrogen and oxygen atoms in total. The van der Waals surface area contributed by atoms with Gasteiger partial charge in [0.05, 0.1) is 5.92 Å². The molecule has 0 amide bonds. The van der Waals surface area contributed by atoms with Crippen molar-refractivity contribution in [3.8, 4) is 0 Å². The molecule has 1 atom stereocenters. The van der Waals surface area contributed by atoms with Crippen LogP contribution in [0, 0.1) is 5.92 Å². The number of carboxylic acids is 1. The molecule has 0 radical (unpaired) electrons. The maximum atomic E-state index is 10.6. The standard InChI is InChI=1S/C12H23NO2/c1-3-4-5-6-7-10(2)13-8-11(9-13)12(14)15/h10-11H,3-9H2,1-2H3,(H,14,15). The zero-order chi connectivity index (χ0) is 11.3. The highest BCUT2D eigenvalue weighted by Crippen LogP contribution is 2.21. The average Bonchev–Trinajstić information content (AvgIpc) is 2.09. The third-order valence-corrected chi connectivity index (χ3v) is 3.36. The van der Waals surface area contributed by atoms with Crippen molar-refractivity contribution in [2.75, 3.05) is 13.1 Å². The van der Waals surface area contributed by atoms with Crippen molar-refractivity contribution >= 4 is 5.97 Å². The number of hydrogen-bond acceptors (Lipinski definition) is 2. The summed E-state index contributed by atoms with van der Waals surface area (Å²) in [5, 5.41) is 8.75. The van der Waals surface area contributed by atoms with Gasteiger partial charge in [-0.25, -0.2) is 0 Å². The van der Waals surface area contributed by atoms with Gasteiger partial charge in [0.25, 0.3) is 0 Å². The fourth-order valence-corrected chi connectivity index (χ4v) is 2.08. The third-order valence-electron chi connectivity index (χ3n) is 3.36. The lowest BCUT2D eigenvalue weighted by atomic mass is 9.96. The molecule has 0 aromatic heterocycles. The fraction of sp³-hybridized carbons (Fsp3) is 0.917. The summed E-state index contributed by atoms with van der Waals surface area (Å²) >= 11 is 0. The summed E-state index contributed by atoms with van der Waals surface area (Å²) in [7, 11) is 0. The van der Waals surface area contributed by atoms with Crippen LogP contribution >= 0.6 is 0 Å². The SMILES string of the molecule is CCCCCCC(C)N1CC(C(=O)O)C1. The van der Waals surface area contributed by atoms with Gasteiger partial charge in [-0.2, -0.15) is 0 Å². The lowest BCUT2D eigenvalue weighted by Crippen LogP contribution is -2.53. The van der Waals surface area contributed by atoms with Gasteiger partial charge in [0.15, 0.2) is 0 Å². The minimum absolute atomic E-state index is 0.108. The largest absolute Gasteiger partial charge is 0.481 e. The summed E-state index contributed by atoms with van der Waals surface area (Å²) in [5.74, 6) is -0.743. The van der Waals surface area contributed by atoms with Crippen molar-refractivity contribution < 1.29 is 9.90 Å². The van der Waals surface area contributed by atoms with Crippen LogP contribution in [0.15, 0.2) is 0 Å². The number of carboxylic acid groups (broad SMARTS) is 1. The Morgan fingerprint density at radius 1 is 1.40 bits per heavy atom. The summed E-state index contributed by atoms with van der Waals surface area (Å²) in [6.07, 6.45) is 6.41. The molecular weight excluding hydrogens is 190 g/mol. The molecule has 1 unspecified atom stereocenters. The Morgan fingerprint density at radius 3 is 2.60 bits per heavy atom. The number of unbranched alkanes of at least 4 members (excludes halogenated alkanes) is 3. The first kappa shape index (κ1) is 12.5. The summed E-state index contributed by atoms with van der Waals surface area (Å²) < 4.78 is 0. The smallest absolute Gasteiger partial charge is 0.309 e. The Morgan fingerprint density at radius 2 is 2.07 bits per heavy atom. The van der Waals surface area contributed by atoms with Gasteiger partial charge in [0.1, 0.15) is 0 Å². The highest BCUT2D eigenvalue weighted by Gasteiger charge is 2.34. The minimum atomic E-state index is -0.635. The average molecular weight is 213 g/mol. The number of rotatable bonds is 7. The van der Waals surface area contributed by atoms with Crippen LogP contribution in [-0.4, -0.2) is 35.1 Å². The molecule has 0 saturated carbocycles. The van der Waals surface area contributed by atoms with Crippen molar-refractivity contribution in [3.63, 3.8) is 0 Å². The minimum Gasteiger partial charge on any atom is -0.481 e. The molecule has 1 rings (SSSR count). The number of nitrogens with zero attached hydrogens (tertiary/aromatic N) is 1. The summed E-state index contributed by atoms with van der Waals surface area (Å²) in [6.45, 7) is 5.94. The lowest BCUT2D eigenvalue weighted by Gasteiger charge is -2.41. The van der Waals surface area contributed by atoms with Crippen LogP contribution in [0.3, 0.4) is 0 Å². The van der Waals surface area contributed by atoms with E-state index in [9.17, 15) is 4.79 Å². The molecule has 0 aliphatic carbocycles. The molecular formula is C12H23NO2. The van der Waals surface area contributed by atoms with Gasteiger partial charge in [0.2, 0.25) is 0 Å². The second kappa shape index (κ2) is 6.11. The molecule has 0 aromatic rings. The van der Waals surface area contributed by atoms with E-state index in [0.717, 1.165) is 13.1 Å². The van der Waals surface area contributed by atoms with Crippen LogP contribution in [0.4, 0.5) is 0 Å². The first-order valence-electron chi connectivity index (χ1n) is 6.12. The van der Waals surface area contributed by atoms with Crippen molar-refractivity contribution in [2.45, 2.75) is 52.0 Å². The Balaban J connectivity index is 2.05. The van der Waals surface area contributed by atoms with Gasteiger partial charge in [0, 0.05) is 19.1 Å². The molecule has 0 aromatic carbocycles. The molecule has 1 aliphatic heterocycles. The van der Waals surface area contributed by atoms with E-state index in [-0.39, 0.29) is 5.92 Å². The third kappa shape index (κ3) is 3.82. The summed E-state index contributed by atoms with van der Waals surface area (Å²) in [4.78, 5) is 12.9. The van der Waals surface area contributed by atoms with Gasteiger partial charge < -0.3 is 5.11 Å². The highest BCUT2D eigenvalue weighted by molar-refractivity contribution is 5.71. The number of hydrogen-bond donors (Lipinski definition) is 1. The molecule has 0 spiro atoms. The van der Waals surface area contributed by atoms with E-state index in [1.54, 1.807) is 0 Å². The van der Waals surface area contributed by atoms with Gasteiger partial charge >= 0.3 is 5.97 Å². The van der Waals surface area contributed by atoms with Crippen LogP contribution in [-0.2, 0) is 4.79 Å². The van der Waals surface area contributed by atoms with E-state index in [0.29, 0.717) is 6.04 Å². The van der Waals surface area contributed by atoms with Crippen LogP contribution in [0.2, 0.25) is 0 Å². The Hall–Kier alpha value is -0.570. The number of aliphatic carboxylic acids is 1. The van der Waals surface area contributed by atoms with Gasteiger partial charge in [-0.1, -0.05) is 32.6 Å². The van der Waals surface area contributed by atoms with E-state index in [1.807, 2.05) is 0 Å². The first-order valence-corrected chi connectivity index (χ1v) is 6.12. The zero-order valence-electron chi connectivity index (χ0n) is 9.91. The van der Waals surface area contributed by atoms with Crippen molar-refractivity contribution in [3.05, 3.63) is 0 Å². The maximum Gasteiger partial charge on any atom is 0.309 e. The van der Waals surface area contributed by atoms with E-state index in [2.05, 4.69) is 18.7 Å². The molecule has 1 saturated heterocycles. The molecule has 3 heteroatoms. The predicted octanol–water partition coefficient (Wildman–Crippen LogP) is 2.36. The van der Waals surface area contributed by atoms with E-state index >= 15 is 0 Å². The number of likely N-dealkylation sites (tertiary alicyclic amines) is 1. The molecule has 15 heavy (non-hydrogen) atoms. The van der Waals surface area contributed by atoms with Gasteiger partial charge in [-0.05, 0) is 13.3 Å². The van der Waals surface area contributed by atoms with Crippen LogP contribution in [0.1, 0.15) is 46.0 Å². The van der Waals surface area contributed by atoms with Crippen molar-refractivity contribution in [2.24, 2.45) is 5.92 Å². The van der Waals surface area contributed by atoms with E-state index in [1.165, 1.54) is 32.1 Å². The first-order chi connectivity index (χ1) is 7.15. The fourth-order valence-electron chi connectivity index (χ4n) is 2.08. The lowest BCUT2D eigenvalue weighted by molar-refractivity contribution is -0.148. The quantitative estimate of drug-likeness (QED) is 0.660. The second-order valence-corrected chi connectivity index (χ2v) is 4.69.